The molecule has 0 bridgehead atoms. The zero-order valence-electron chi connectivity index (χ0n) is 19.4. The van der Waals surface area contributed by atoms with Crippen LogP contribution in [0.4, 0.5) is 0 Å². The number of ketones is 2. The number of aryl methyl sites for hydroxylation is 3. The molecule has 3 aromatic rings. The van der Waals surface area contributed by atoms with Crippen LogP contribution in [0.25, 0.3) is 11.3 Å². The number of rotatable bonds is 8. The minimum atomic E-state index is -0.164. The van der Waals surface area contributed by atoms with Gasteiger partial charge in [-0.15, -0.1) is 0 Å². The third-order valence-corrected chi connectivity index (χ3v) is 5.84. The highest BCUT2D eigenvalue weighted by Gasteiger charge is 2.22. The van der Waals surface area contributed by atoms with Gasteiger partial charge in [-0.05, 0) is 56.0 Å². The molecule has 3 rings (SSSR count). The standard InChI is InChI=1S/C27H32N2O2/c1-17(2)27(31)25-15-24(23-11-10-19(4)20(5)14-23)28-29(25)16-26(30)21(6)13-22-9-7-8-18(3)12-22/h7-12,14-15,17,21H,13,16H2,1-6H3. The number of benzene rings is 2. The van der Waals surface area contributed by atoms with Gasteiger partial charge in [0.15, 0.2) is 11.6 Å². The normalized spacial score (nSPS) is 12.2. The number of hydrogen-bond donors (Lipinski definition) is 0. The Morgan fingerprint density at radius 2 is 1.68 bits per heavy atom. The van der Waals surface area contributed by atoms with Crippen molar-refractivity contribution in [2.24, 2.45) is 11.8 Å². The first kappa shape index (κ1) is 22.7. The summed E-state index contributed by atoms with van der Waals surface area (Å²) in [5.41, 5.74) is 6.90. The molecule has 0 N–H and O–H groups in total. The summed E-state index contributed by atoms with van der Waals surface area (Å²) in [5, 5.41) is 4.67. The largest absolute Gasteiger partial charge is 0.297 e. The molecule has 0 aliphatic carbocycles. The molecule has 0 fully saturated rings. The zero-order chi connectivity index (χ0) is 22.7. The van der Waals surface area contributed by atoms with Crippen LogP contribution < -0.4 is 0 Å². The lowest BCUT2D eigenvalue weighted by Gasteiger charge is -2.13. The quantitative estimate of drug-likeness (QED) is 0.439. The fourth-order valence-electron chi connectivity index (χ4n) is 3.68. The summed E-state index contributed by atoms with van der Waals surface area (Å²) in [6, 6.07) is 16.2. The summed E-state index contributed by atoms with van der Waals surface area (Å²) in [7, 11) is 0. The van der Waals surface area contributed by atoms with E-state index < -0.39 is 0 Å². The van der Waals surface area contributed by atoms with Crippen molar-refractivity contribution in [2.45, 2.75) is 54.5 Å². The fourth-order valence-corrected chi connectivity index (χ4v) is 3.68. The third kappa shape index (κ3) is 5.38. The lowest BCUT2D eigenvalue weighted by molar-refractivity contribution is -0.123. The predicted octanol–water partition coefficient (Wildman–Crippen LogP) is 5.76. The van der Waals surface area contributed by atoms with Crippen molar-refractivity contribution in [1.29, 1.82) is 0 Å². The molecule has 0 aliphatic rings. The van der Waals surface area contributed by atoms with Crippen molar-refractivity contribution in [2.75, 3.05) is 0 Å². The molecule has 162 valence electrons. The van der Waals surface area contributed by atoms with Gasteiger partial charge in [0.2, 0.25) is 0 Å². The summed E-state index contributed by atoms with van der Waals surface area (Å²) in [6.45, 7) is 12.0. The van der Waals surface area contributed by atoms with Gasteiger partial charge in [0.05, 0.1) is 5.69 Å². The second kappa shape index (κ2) is 9.42. The zero-order valence-corrected chi connectivity index (χ0v) is 19.4. The molecule has 1 heterocycles. The van der Waals surface area contributed by atoms with E-state index in [-0.39, 0.29) is 29.9 Å². The van der Waals surface area contributed by atoms with Gasteiger partial charge < -0.3 is 0 Å². The summed E-state index contributed by atoms with van der Waals surface area (Å²) in [4.78, 5) is 25.9. The Morgan fingerprint density at radius 1 is 0.935 bits per heavy atom. The van der Waals surface area contributed by atoms with E-state index in [1.54, 1.807) is 4.68 Å². The molecule has 4 nitrogen and oxygen atoms in total. The SMILES string of the molecule is Cc1cccc(CC(C)C(=O)Cn2nc(-c3ccc(C)c(C)c3)cc2C(=O)C(C)C)c1. The van der Waals surface area contributed by atoms with Crippen LogP contribution in [0.2, 0.25) is 0 Å². The first-order chi connectivity index (χ1) is 14.7. The van der Waals surface area contributed by atoms with Crippen LogP contribution in [0.3, 0.4) is 0 Å². The fraction of sp³-hybridized carbons (Fsp3) is 0.370. The maximum absolute atomic E-state index is 13.0. The number of aromatic nitrogens is 2. The van der Waals surface area contributed by atoms with Gasteiger partial charge in [0.25, 0.3) is 0 Å². The molecule has 0 saturated heterocycles. The smallest absolute Gasteiger partial charge is 0.183 e. The maximum atomic E-state index is 13.0. The Kier molecular flexibility index (Phi) is 6.89. The number of nitrogens with zero attached hydrogens (tertiary/aromatic N) is 2. The third-order valence-electron chi connectivity index (χ3n) is 5.84. The van der Waals surface area contributed by atoms with Gasteiger partial charge in [0.1, 0.15) is 12.2 Å². The maximum Gasteiger partial charge on any atom is 0.183 e. The summed E-state index contributed by atoms with van der Waals surface area (Å²) < 4.78 is 1.60. The second-order valence-electron chi connectivity index (χ2n) is 8.95. The average Bonchev–Trinajstić information content (AvgIpc) is 3.12. The first-order valence-electron chi connectivity index (χ1n) is 10.9. The molecule has 0 saturated carbocycles. The molecular weight excluding hydrogens is 384 g/mol. The van der Waals surface area contributed by atoms with Crippen molar-refractivity contribution < 1.29 is 9.59 Å². The molecule has 1 atom stereocenters. The molecule has 1 unspecified atom stereocenters. The van der Waals surface area contributed by atoms with Gasteiger partial charge in [0, 0.05) is 17.4 Å². The van der Waals surface area contributed by atoms with Crippen molar-refractivity contribution in [3.63, 3.8) is 0 Å². The molecule has 4 heteroatoms. The van der Waals surface area contributed by atoms with Crippen LogP contribution in [-0.4, -0.2) is 21.3 Å². The van der Waals surface area contributed by atoms with Crippen LogP contribution in [0.1, 0.15) is 53.5 Å². The number of carbonyl (C=O) groups excluding carboxylic acids is 2. The van der Waals surface area contributed by atoms with Gasteiger partial charge in [-0.3, -0.25) is 14.3 Å². The van der Waals surface area contributed by atoms with Crippen molar-refractivity contribution >= 4 is 11.6 Å². The minimum absolute atomic E-state index is 0.00159. The van der Waals surface area contributed by atoms with Crippen molar-refractivity contribution in [3.05, 3.63) is 76.5 Å². The summed E-state index contributed by atoms with van der Waals surface area (Å²) in [6.07, 6.45) is 0.680. The van der Waals surface area contributed by atoms with E-state index in [0.717, 1.165) is 16.8 Å². The van der Waals surface area contributed by atoms with Crippen molar-refractivity contribution in [1.82, 2.24) is 9.78 Å². The van der Waals surface area contributed by atoms with E-state index in [2.05, 4.69) is 56.2 Å². The Labute approximate surface area is 185 Å². The predicted molar refractivity (Wildman–Crippen MR) is 125 cm³/mol. The topological polar surface area (TPSA) is 52.0 Å². The molecule has 1 aromatic heterocycles. The molecular formula is C27H32N2O2. The summed E-state index contributed by atoms with van der Waals surface area (Å²) >= 11 is 0. The first-order valence-corrected chi connectivity index (χ1v) is 10.9. The molecule has 2 aromatic carbocycles. The van der Waals surface area contributed by atoms with E-state index >= 15 is 0 Å². The Morgan fingerprint density at radius 3 is 2.32 bits per heavy atom. The molecule has 0 radical (unpaired) electrons. The van der Waals surface area contributed by atoms with Gasteiger partial charge >= 0.3 is 0 Å². The minimum Gasteiger partial charge on any atom is -0.297 e. The van der Waals surface area contributed by atoms with E-state index in [0.29, 0.717) is 12.1 Å². The second-order valence-corrected chi connectivity index (χ2v) is 8.95. The molecule has 0 spiro atoms. The Bertz CT molecular complexity index is 1110. The monoisotopic (exact) mass is 416 g/mol. The molecule has 0 amide bonds. The highest BCUT2D eigenvalue weighted by atomic mass is 16.1. The van der Waals surface area contributed by atoms with Crippen LogP contribution in [0.15, 0.2) is 48.5 Å². The van der Waals surface area contributed by atoms with Crippen LogP contribution in [-0.2, 0) is 17.8 Å². The van der Waals surface area contributed by atoms with Gasteiger partial charge in [-0.2, -0.15) is 5.10 Å². The van der Waals surface area contributed by atoms with E-state index in [9.17, 15) is 9.59 Å². The van der Waals surface area contributed by atoms with Crippen LogP contribution in [0, 0.1) is 32.6 Å². The summed E-state index contributed by atoms with van der Waals surface area (Å²) in [5.74, 6) is -0.239. The van der Waals surface area contributed by atoms with Gasteiger partial charge in [-0.25, -0.2) is 0 Å². The number of Topliss-reactive ketones (excluding diaryl/α,β-unsaturated/α-hetero) is 2. The molecule has 31 heavy (non-hydrogen) atoms. The average molecular weight is 417 g/mol. The van der Waals surface area contributed by atoms with Crippen molar-refractivity contribution in [3.8, 4) is 11.3 Å². The number of hydrogen-bond acceptors (Lipinski definition) is 3. The lowest BCUT2D eigenvalue weighted by Crippen LogP contribution is -2.24. The molecule has 0 aliphatic heterocycles. The van der Waals surface area contributed by atoms with Crippen LogP contribution in [0.5, 0.6) is 0 Å². The highest BCUT2D eigenvalue weighted by molar-refractivity contribution is 5.97. The van der Waals surface area contributed by atoms with Gasteiger partial charge in [-0.1, -0.05) is 62.7 Å². The lowest BCUT2D eigenvalue weighted by atomic mass is 9.96. The number of carbonyl (C=O) groups is 2. The Hall–Kier alpha value is -3.01. The Balaban J connectivity index is 1.87. The van der Waals surface area contributed by atoms with E-state index in [1.165, 1.54) is 16.7 Å². The van der Waals surface area contributed by atoms with E-state index in [1.807, 2.05) is 39.0 Å². The van der Waals surface area contributed by atoms with E-state index in [4.69, 9.17) is 0 Å². The highest BCUT2D eigenvalue weighted by Crippen LogP contribution is 2.24. The van der Waals surface area contributed by atoms with Crippen LogP contribution >= 0.6 is 0 Å².